The molecule has 1 aliphatic rings. The molecule has 2 N–H and O–H groups in total. The van der Waals surface area contributed by atoms with E-state index >= 15 is 0 Å². The summed E-state index contributed by atoms with van der Waals surface area (Å²) >= 11 is 5.17. The lowest BCUT2D eigenvalue weighted by molar-refractivity contribution is 0.249. The van der Waals surface area contributed by atoms with E-state index in [4.69, 9.17) is 12.2 Å². The minimum absolute atomic E-state index is 0.793. The van der Waals surface area contributed by atoms with Gasteiger partial charge >= 0.3 is 0 Å². The number of hydrogen-bond donors (Lipinski definition) is 2. The average molecular weight is 243 g/mol. The smallest absolute Gasteiger partial charge is 0.166 e. The highest BCUT2D eigenvalue weighted by Gasteiger charge is 2.18. The molecule has 16 heavy (non-hydrogen) atoms. The van der Waals surface area contributed by atoms with Crippen LogP contribution < -0.4 is 10.6 Å². The van der Waals surface area contributed by atoms with Gasteiger partial charge in [-0.05, 0) is 38.5 Å². The van der Waals surface area contributed by atoms with Crippen molar-refractivity contribution < 1.29 is 0 Å². The molecular formula is C12H25N3S. The normalized spacial score (nSPS) is 16.7. The van der Waals surface area contributed by atoms with Gasteiger partial charge < -0.3 is 15.5 Å². The summed E-state index contributed by atoms with van der Waals surface area (Å²) in [5, 5.41) is 7.22. The van der Waals surface area contributed by atoms with Crippen LogP contribution in [-0.4, -0.2) is 42.7 Å². The van der Waals surface area contributed by atoms with Crippen LogP contribution in [0.15, 0.2) is 0 Å². The summed E-state index contributed by atoms with van der Waals surface area (Å²) in [6.07, 6.45) is 6.66. The van der Waals surface area contributed by atoms with Crippen LogP contribution in [0.5, 0.6) is 0 Å². The van der Waals surface area contributed by atoms with E-state index in [1.54, 1.807) is 0 Å². The lowest BCUT2D eigenvalue weighted by Crippen LogP contribution is -2.41. The van der Waals surface area contributed by atoms with E-state index in [1.807, 2.05) is 0 Å². The van der Waals surface area contributed by atoms with Crippen LogP contribution in [0.3, 0.4) is 0 Å². The zero-order valence-corrected chi connectivity index (χ0v) is 11.4. The molecule has 0 spiro atoms. The van der Waals surface area contributed by atoms with Crippen LogP contribution in [0.1, 0.15) is 39.0 Å². The molecule has 1 saturated carbocycles. The predicted molar refractivity (Wildman–Crippen MR) is 73.8 cm³/mol. The Labute approximate surface area is 105 Å². The SMILES string of the molecule is CCCNC(=S)NCCN(C)C1CCCC1. The third-order valence-corrected chi connectivity index (χ3v) is 3.52. The first-order valence-electron chi connectivity index (χ1n) is 6.46. The molecule has 0 heterocycles. The molecule has 0 unspecified atom stereocenters. The van der Waals surface area contributed by atoms with Crippen LogP contribution in [0.4, 0.5) is 0 Å². The zero-order chi connectivity index (χ0) is 11.8. The number of nitrogens with one attached hydrogen (secondary N) is 2. The summed E-state index contributed by atoms with van der Waals surface area (Å²) in [5.74, 6) is 0. The van der Waals surface area contributed by atoms with E-state index in [0.717, 1.165) is 37.2 Å². The standard InChI is InChI=1S/C12H25N3S/c1-3-8-13-12(16)14-9-10-15(2)11-6-4-5-7-11/h11H,3-10H2,1-2H3,(H2,13,14,16). The topological polar surface area (TPSA) is 27.3 Å². The first-order valence-corrected chi connectivity index (χ1v) is 6.86. The van der Waals surface area contributed by atoms with Gasteiger partial charge in [-0.15, -0.1) is 0 Å². The van der Waals surface area contributed by atoms with Crippen LogP contribution in [0.25, 0.3) is 0 Å². The molecule has 0 saturated heterocycles. The Morgan fingerprint density at radius 1 is 1.25 bits per heavy atom. The Balaban J connectivity index is 2.03. The summed E-state index contributed by atoms with van der Waals surface area (Å²) in [6, 6.07) is 0.805. The van der Waals surface area contributed by atoms with E-state index in [2.05, 4.69) is 29.5 Å². The first-order chi connectivity index (χ1) is 7.74. The van der Waals surface area contributed by atoms with Gasteiger partial charge in [-0.25, -0.2) is 0 Å². The number of hydrogen-bond acceptors (Lipinski definition) is 2. The van der Waals surface area contributed by atoms with Crippen molar-refractivity contribution in [2.24, 2.45) is 0 Å². The molecule has 0 bridgehead atoms. The van der Waals surface area contributed by atoms with Crippen LogP contribution >= 0.6 is 12.2 Å². The molecule has 0 aliphatic heterocycles. The molecule has 0 radical (unpaired) electrons. The predicted octanol–water partition coefficient (Wildman–Crippen LogP) is 1.73. The van der Waals surface area contributed by atoms with Crippen molar-refractivity contribution in [3.05, 3.63) is 0 Å². The van der Waals surface area contributed by atoms with Crippen molar-refractivity contribution in [1.29, 1.82) is 0 Å². The molecule has 0 aromatic rings. The van der Waals surface area contributed by atoms with Gasteiger partial charge in [0, 0.05) is 25.7 Å². The fraction of sp³-hybridized carbons (Fsp3) is 0.917. The Morgan fingerprint density at radius 3 is 2.50 bits per heavy atom. The van der Waals surface area contributed by atoms with Crippen molar-refractivity contribution in [1.82, 2.24) is 15.5 Å². The minimum atomic E-state index is 0.793. The second-order valence-electron chi connectivity index (χ2n) is 4.60. The van der Waals surface area contributed by atoms with E-state index in [1.165, 1.54) is 25.7 Å². The van der Waals surface area contributed by atoms with E-state index < -0.39 is 0 Å². The van der Waals surface area contributed by atoms with Gasteiger partial charge in [-0.3, -0.25) is 0 Å². The summed E-state index contributed by atoms with van der Waals surface area (Å²) in [4.78, 5) is 2.46. The number of likely N-dealkylation sites (N-methyl/N-ethyl adjacent to an activating group) is 1. The van der Waals surface area contributed by atoms with Crippen LogP contribution in [0.2, 0.25) is 0 Å². The van der Waals surface area contributed by atoms with Crippen molar-refractivity contribution in [2.75, 3.05) is 26.7 Å². The molecule has 3 nitrogen and oxygen atoms in total. The van der Waals surface area contributed by atoms with Crippen molar-refractivity contribution in [3.63, 3.8) is 0 Å². The summed E-state index contributed by atoms with van der Waals surface area (Å²) in [6.45, 7) is 5.13. The van der Waals surface area contributed by atoms with Crippen molar-refractivity contribution in [3.8, 4) is 0 Å². The molecule has 0 atom stereocenters. The van der Waals surface area contributed by atoms with Gasteiger partial charge in [0.15, 0.2) is 5.11 Å². The Hall–Kier alpha value is -0.350. The van der Waals surface area contributed by atoms with Gasteiger partial charge in [-0.2, -0.15) is 0 Å². The van der Waals surface area contributed by atoms with E-state index in [9.17, 15) is 0 Å². The van der Waals surface area contributed by atoms with Gasteiger partial charge in [0.2, 0.25) is 0 Å². The second-order valence-corrected chi connectivity index (χ2v) is 5.01. The first kappa shape index (κ1) is 13.7. The highest BCUT2D eigenvalue weighted by Crippen LogP contribution is 2.21. The van der Waals surface area contributed by atoms with Crippen LogP contribution in [-0.2, 0) is 0 Å². The highest BCUT2D eigenvalue weighted by molar-refractivity contribution is 7.80. The molecule has 4 heteroatoms. The molecule has 94 valence electrons. The summed E-state index contributed by atoms with van der Waals surface area (Å²) < 4.78 is 0. The maximum absolute atomic E-state index is 5.17. The lowest BCUT2D eigenvalue weighted by atomic mass is 10.2. The Morgan fingerprint density at radius 2 is 1.88 bits per heavy atom. The molecule has 0 aromatic heterocycles. The molecule has 0 aromatic carbocycles. The molecule has 1 rings (SSSR count). The second kappa shape index (κ2) is 7.85. The molecule has 1 aliphatic carbocycles. The van der Waals surface area contributed by atoms with Crippen molar-refractivity contribution in [2.45, 2.75) is 45.1 Å². The minimum Gasteiger partial charge on any atom is -0.363 e. The maximum Gasteiger partial charge on any atom is 0.166 e. The third kappa shape index (κ3) is 5.12. The zero-order valence-electron chi connectivity index (χ0n) is 10.6. The highest BCUT2D eigenvalue weighted by atomic mass is 32.1. The Bertz CT molecular complexity index is 202. The molecule has 0 amide bonds. The summed E-state index contributed by atoms with van der Waals surface area (Å²) in [7, 11) is 2.22. The lowest BCUT2D eigenvalue weighted by Gasteiger charge is -2.24. The monoisotopic (exact) mass is 243 g/mol. The largest absolute Gasteiger partial charge is 0.363 e. The van der Waals surface area contributed by atoms with Gasteiger partial charge in [0.05, 0.1) is 0 Å². The maximum atomic E-state index is 5.17. The average Bonchev–Trinajstić information content (AvgIpc) is 2.79. The Kier molecular flexibility index (Phi) is 6.73. The number of thiocarbonyl (C=S) groups is 1. The molecule has 1 fully saturated rings. The summed E-state index contributed by atoms with van der Waals surface area (Å²) in [5.41, 5.74) is 0. The third-order valence-electron chi connectivity index (χ3n) is 3.23. The quantitative estimate of drug-likeness (QED) is 0.695. The van der Waals surface area contributed by atoms with Crippen LogP contribution in [0, 0.1) is 0 Å². The number of rotatable bonds is 6. The van der Waals surface area contributed by atoms with Gasteiger partial charge in [0.25, 0.3) is 0 Å². The van der Waals surface area contributed by atoms with E-state index in [0.29, 0.717) is 0 Å². The van der Waals surface area contributed by atoms with E-state index in [-0.39, 0.29) is 0 Å². The van der Waals surface area contributed by atoms with Crippen molar-refractivity contribution >= 4 is 17.3 Å². The van der Waals surface area contributed by atoms with Gasteiger partial charge in [0.1, 0.15) is 0 Å². The molecular weight excluding hydrogens is 218 g/mol. The van der Waals surface area contributed by atoms with Gasteiger partial charge in [-0.1, -0.05) is 19.8 Å². The fourth-order valence-electron chi connectivity index (χ4n) is 2.17. The fourth-order valence-corrected chi connectivity index (χ4v) is 2.38. The number of nitrogens with zero attached hydrogens (tertiary/aromatic N) is 1.